The monoisotopic (exact) mass is 466 g/mol. The molecule has 0 unspecified atom stereocenters. The molecule has 5 nitrogen and oxygen atoms in total. The van der Waals surface area contributed by atoms with Gasteiger partial charge in [0.25, 0.3) is 0 Å². The van der Waals surface area contributed by atoms with Crippen LogP contribution in [0.2, 0.25) is 0 Å². The van der Waals surface area contributed by atoms with E-state index in [0.717, 1.165) is 51.4 Å². The van der Waals surface area contributed by atoms with Crippen LogP contribution in [0.15, 0.2) is 24.3 Å². The van der Waals surface area contributed by atoms with Crippen molar-refractivity contribution < 1.29 is 4.79 Å². The first-order chi connectivity index (χ1) is 12.7. The maximum Gasteiger partial charge on any atom is 0.224 e. The molecule has 2 fully saturated rings. The fourth-order valence-corrected chi connectivity index (χ4v) is 3.94. The number of carbonyl (C=O) groups excluding carboxylic acids is 1. The molecule has 0 spiro atoms. The summed E-state index contributed by atoms with van der Waals surface area (Å²) in [7, 11) is 0. The minimum absolute atomic E-state index is 0. The van der Waals surface area contributed by atoms with Crippen LogP contribution in [0.3, 0.4) is 0 Å². The molecule has 2 aliphatic rings. The van der Waals surface area contributed by atoms with Gasteiger partial charge in [-0.1, -0.05) is 19.1 Å². The van der Waals surface area contributed by atoms with E-state index in [1.54, 1.807) is 0 Å². The van der Waals surface area contributed by atoms with Crippen LogP contribution in [0.25, 0.3) is 0 Å². The van der Waals surface area contributed by atoms with Gasteiger partial charge in [-0.2, -0.15) is 0 Å². The number of hydrogen-bond donors (Lipinski definition) is 2. The number of nitrogens with one attached hydrogen (secondary N) is 2. The van der Waals surface area contributed by atoms with Crippen molar-refractivity contribution in [3.8, 4) is 0 Å². The van der Waals surface area contributed by atoms with E-state index in [9.17, 15) is 4.79 Å². The lowest BCUT2D eigenvalue weighted by Gasteiger charge is -2.34. The summed E-state index contributed by atoms with van der Waals surface area (Å²) in [5.74, 6) is 0.851. The maximum atomic E-state index is 12.2. The number of carbonyl (C=O) groups is 1. The molecule has 2 N–H and O–H groups in total. The Morgan fingerprint density at radius 2 is 1.59 bits per heavy atom. The molecule has 2 heterocycles. The Morgan fingerprint density at radius 1 is 1.00 bits per heavy atom. The quantitative estimate of drug-likeness (QED) is 0.640. The molecule has 0 bridgehead atoms. The maximum absolute atomic E-state index is 12.2. The van der Waals surface area contributed by atoms with E-state index in [1.165, 1.54) is 31.5 Å². The Bertz CT molecular complexity index is 560. The van der Waals surface area contributed by atoms with Crippen molar-refractivity contribution in [1.82, 2.24) is 15.1 Å². The Labute approximate surface area is 194 Å². The van der Waals surface area contributed by atoms with Gasteiger partial charge in [0.2, 0.25) is 5.91 Å². The lowest BCUT2D eigenvalue weighted by Crippen LogP contribution is -2.45. The normalized spacial score (nSPS) is 18.1. The van der Waals surface area contributed by atoms with Gasteiger partial charge < -0.3 is 15.5 Å². The van der Waals surface area contributed by atoms with Gasteiger partial charge >= 0.3 is 0 Å². The summed E-state index contributed by atoms with van der Waals surface area (Å²) in [5, 5.41) is 6.43. The Kier molecular flexibility index (Phi) is 15.0. The zero-order valence-corrected chi connectivity index (χ0v) is 19.8. The van der Waals surface area contributed by atoms with Crippen molar-refractivity contribution >= 4 is 48.8 Å². The van der Waals surface area contributed by atoms with Gasteiger partial charge in [-0.3, -0.25) is 9.69 Å². The summed E-state index contributed by atoms with van der Waals surface area (Å²) in [6.07, 6.45) is 4.05. The fraction of sp³-hybridized carbons (Fsp3) is 0.667. The molecule has 0 atom stereocenters. The highest BCUT2D eigenvalue weighted by Crippen LogP contribution is 2.19. The smallest absolute Gasteiger partial charge is 0.224 e. The minimum atomic E-state index is 0. The van der Waals surface area contributed by atoms with E-state index in [-0.39, 0.29) is 43.1 Å². The van der Waals surface area contributed by atoms with Crippen LogP contribution >= 0.6 is 37.2 Å². The summed E-state index contributed by atoms with van der Waals surface area (Å²) >= 11 is 0. The molecule has 3 rings (SSSR count). The average Bonchev–Trinajstić information content (AvgIpc) is 2.69. The van der Waals surface area contributed by atoms with Crippen LogP contribution in [-0.4, -0.2) is 61.5 Å². The van der Waals surface area contributed by atoms with E-state index in [2.05, 4.69) is 39.5 Å². The summed E-state index contributed by atoms with van der Waals surface area (Å²) < 4.78 is 0. The molecular weight excluding hydrogens is 431 g/mol. The summed E-state index contributed by atoms with van der Waals surface area (Å²) in [6, 6.07) is 8.38. The Balaban J connectivity index is 0.00000261. The van der Waals surface area contributed by atoms with E-state index in [4.69, 9.17) is 0 Å². The molecule has 0 saturated carbocycles. The van der Waals surface area contributed by atoms with Crippen molar-refractivity contribution in [1.29, 1.82) is 0 Å². The van der Waals surface area contributed by atoms with E-state index >= 15 is 0 Å². The molecule has 0 radical (unpaired) electrons. The van der Waals surface area contributed by atoms with Crippen LogP contribution in [0.5, 0.6) is 0 Å². The molecule has 8 heteroatoms. The number of likely N-dealkylation sites (N-methyl/N-ethyl adjacent to an activating group) is 1. The van der Waals surface area contributed by atoms with Crippen LogP contribution < -0.4 is 10.6 Å². The molecule has 1 aromatic carbocycles. The number of amides is 1. The number of piperidine rings is 1. The van der Waals surface area contributed by atoms with Crippen LogP contribution in [0.4, 0.5) is 5.69 Å². The number of halogens is 3. The lowest BCUT2D eigenvalue weighted by molar-refractivity contribution is -0.116. The van der Waals surface area contributed by atoms with Crippen LogP contribution in [0, 0.1) is 5.92 Å². The highest BCUT2D eigenvalue weighted by atomic mass is 35.5. The van der Waals surface area contributed by atoms with E-state index < -0.39 is 0 Å². The standard InChI is InChI=1S/C21H34N4O.3ClH/c1-2-24-13-15-25(16-14-24)17-19-3-6-20(7-4-19)23-21(26)8-5-18-9-11-22-12-10-18;;;/h3-4,6-7,18,22H,2,5,8-17H2,1H3,(H,23,26);3*1H. The lowest BCUT2D eigenvalue weighted by atomic mass is 9.93. The van der Waals surface area contributed by atoms with Gasteiger partial charge in [-0.05, 0) is 62.5 Å². The molecule has 1 amide bonds. The highest BCUT2D eigenvalue weighted by molar-refractivity contribution is 5.90. The number of hydrogen-bond acceptors (Lipinski definition) is 4. The van der Waals surface area contributed by atoms with Crippen LogP contribution in [0.1, 0.15) is 38.2 Å². The number of nitrogens with zero attached hydrogens (tertiary/aromatic N) is 2. The first-order valence-electron chi connectivity index (χ1n) is 10.3. The summed E-state index contributed by atoms with van der Waals surface area (Å²) in [4.78, 5) is 17.2. The van der Waals surface area contributed by atoms with Gasteiger partial charge in [-0.25, -0.2) is 0 Å². The van der Waals surface area contributed by atoms with E-state index in [1.807, 2.05) is 12.1 Å². The minimum Gasteiger partial charge on any atom is -0.326 e. The van der Waals surface area contributed by atoms with E-state index in [0.29, 0.717) is 12.3 Å². The number of benzene rings is 1. The second kappa shape index (κ2) is 15.3. The first-order valence-corrected chi connectivity index (χ1v) is 10.3. The van der Waals surface area contributed by atoms with Crippen LogP contribution in [-0.2, 0) is 11.3 Å². The third-order valence-corrected chi connectivity index (χ3v) is 5.79. The molecule has 0 aliphatic carbocycles. The predicted octanol–water partition coefficient (Wildman–Crippen LogP) is 3.81. The Hall–Kier alpha value is -0.560. The number of piperazine rings is 1. The van der Waals surface area contributed by atoms with Crippen molar-refractivity contribution in [3.05, 3.63) is 29.8 Å². The topological polar surface area (TPSA) is 47.6 Å². The van der Waals surface area contributed by atoms with Crippen molar-refractivity contribution in [3.63, 3.8) is 0 Å². The Morgan fingerprint density at radius 3 is 2.17 bits per heavy atom. The zero-order valence-electron chi connectivity index (χ0n) is 17.4. The summed E-state index contributed by atoms with van der Waals surface area (Å²) in [5.41, 5.74) is 2.24. The van der Waals surface area contributed by atoms with Gasteiger partial charge in [0.05, 0.1) is 0 Å². The number of rotatable bonds is 7. The fourth-order valence-electron chi connectivity index (χ4n) is 3.94. The zero-order chi connectivity index (χ0) is 18.2. The van der Waals surface area contributed by atoms with Gasteiger partial charge in [-0.15, -0.1) is 37.2 Å². The molecule has 2 aliphatic heterocycles. The average molecular weight is 468 g/mol. The van der Waals surface area contributed by atoms with Crippen molar-refractivity contribution in [2.75, 3.05) is 51.1 Å². The predicted molar refractivity (Wildman–Crippen MR) is 129 cm³/mol. The largest absolute Gasteiger partial charge is 0.326 e. The molecule has 29 heavy (non-hydrogen) atoms. The number of anilines is 1. The molecule has 2 saturated heterocycles. The molecule has 1 aromatic rings. The SMILES string of the molecule is CCN1CCN(Cc2ccc(NC(=O)CCC3CCNCC3)cc2)CC1.Cl.Cl.Cl. The van der Waals surface area contributed by atoms with Gasteiger partial charge in [0.1, 0.15) is 0 Å². The van der Waals surface area contributed by atoms with Crippen molar-refractivity contribution in [2.45, 2.75) is 39.2 Å². The molecule has 168 valence electrons. The second-order valence-corrected chi connectivity index (χ2v) is 7.69. The van der Waals surface area contributed by atoms with Gasteiger partial charge in [0.15, 0.2) is 0 Å². The van der Waals surface area contributed by atoms with Gasteiger partial charge in [0, 0.05) is 44.8 Å². The molecular formula is C21H37Cl3N4O. The highest BCUT2D eigenvalue weighted by Gasteiger charge is 2.16. The third-order valence-electron chi connectivity index (χ3n) is 5.79. The third kappa shape index (κ3) is 9.86. The van der Waals surface area contributed by atoms with Crippen molar-refractivity contribution in [2.24, 2.45) is 5.92 Å². The molecule has 0 aromatic heterocycles. The second-order valence-electron chi connectivity index (χ2n) is 7.69. The first kappa shape index (κ1) is 28.4. The summed E-state index contributed by atoms with van der Waals surface area (Å²) in [6.45, 7) is 11.2.